The molecule has 0 spiro atoms. The molecule has 1 atom stereocenters. The molecule has 0 aliphatic carbocycles. The molecule has 3 aliphatic heterocycles. The fraction of sp³-hybridized carbons (Fsp3) is 0.375. The maximum Gasteiger partial charge on any atom is 0.338 e. The average molecular weight is 590 g/mol. The zero-order valence-electron chi connectivity index (χ0n) is 24.1. The number of thioether (sulfide) groups is 1. The molecule has 0 saturated carbocycles. The fourth-order valence-corrected chi connectivity index (χ4v) is 6.43. The van der Waals surface area contributed by atoms with Crippen LogP contribution in [0.25, 0.3) is 0 Å². The molecule has 0 radical (unpaired) electrons. The Bertz CT molecular complexity index is 1430. The molecule has 0 N–H and O–H groups in total. The molecule has 10 heteroatoms. The summed E-state index contributed by atoms with van der Waals surface area (Å²) < 4.78 is 16.5. The molecule has 3 heterocycles. The Morgan fingerprint density at radius 3 is 2.52 bits per heavy atom. The highest BCUT2D eigenvalue weighted by Gasteiger charge is 2.41. The van der Waals surface area contributed by atoms with E-state index in [2.05, 4.69) is 0 Å². The fourth-order valence-electron chi connectivity index (χ4n) is 5.46. The number of hydrogen-bond acceptors (Lipinski definition) is 9. The van der Waals surface area contributed by atoms with E-state index in [4.69, 9.17) is 19.2 Å². The number of amides is 1. The van der Waals surface area contributed by atoms with Gasteiger partial charge in [0.05, 0.1) is 43.4 Å². The van der Waals surface area contributed by atoms with Crippen molar-refractivity contribution in [1.29, 1.82) is 0 Å². The van der Waals surface area contributed by atoms with E-state index in [1.807, 2.05) is 64.9 Å². The molecule has 1 amide bonds. The number of likely N-dealkylation sites (tertiary alicyclic amines) is 1. The van der Waals surface area contributed by atoms with E-state index in [0.717, 1.165) is 16.8 Å². The zero-order valence-corrected chi connectivity index (χ0v) is 24.9. The van der Waals surface area contributed by atoms with Gasteiger partial charge < -0.3 is 24.0 Å². The van der Waals surface area contributed by atoms with Crippen molar-refractivity contribution in [2.24, 2.45) is 10.9 Å². The first-order chi connectivity index (χ1) is 20.4. The number of aliphatic imine (C=N–C) groups is 1. The Balaban J connectivity index is 1.36. The number of amidine groups is 1. The van der Waals surface area contributed by atoms with Crippen LogP contribution in [0.2, 0.25) is 0 Å². The van der Waals surface area contributed by atoms with E-state index in [9.17, 15) is 14.4 Å². The molecular weight excluding hydrogens is 554 g/mol. The van der Waals surface area contributed by atoms with Crippen LogP contribution in [0.15, 0.2) is 82.0 Å². The zero-order chi connectivity index (χ0) is 29.6. The number of ether oxygens (including phenoxy) is 3. The number of carbonyl (C=O) groups excluding carboxylic acids is 3. The normalized spacial score (nSPS) is 18.7. The standard InChI is InChI=1S/C32H35N3O6S/c1-4-40-30(37)23-13-15-34(16-14-23)27(36)18-25-20-42-32-33-21(2)28(31(38)39-3)29(35(25)32)24-11-8-12-26(17-24)41-19-22-9-6-5-7-10-22/h5-12,17,20,23,29H,4,13-16,18-19H2,1-3H3/t29-/m0/s1. The highest BCUT2D eigenvalue weighted by molar-refractivity contribution is 8.16. The van der Waals surface area contributed by atoms with Crippen molar-refractivity contribution in [3.63, 3.8) is 0 Å². The van der Waals surface area contributed by atoms with Crippen molar-refractivity contribution in [3.05, 3.63) is 88.1 Å². The maximum absolute atomic E-state index is 13.5. The monoisotopic (exact) mass is 589 g/mol. The predicted octanol–water partition coefficient (Wildman–Crippen LogP) is 5.21. The Kier molecular flexibility index (Phi) is 9.31. The van der Waals surface area contributed by atoms with Gasteiger partial charge in [-0.3, -0.25) is 9.59 Å². The van der Waals surface area contributed by atoms with E-state index < -0.39 is 12.0 Å². The van der Waals surface area contributed by atoms with Gasteiger partial charge in [-0.15, -0.1) is 0 Å². The first kappa shape index (κ1) is 29.4. The van der Waals surface area contributed by atoms with Gasteiger partial charge in [-0.25, -0.2) is 9.79 Å². The molecule has 0 aromatic heterocycles. The van der Waals surface area contributed by atoms with E-state index in [-0.39, 0.29) is 24.2 Å². The summed E-state index contributed by atoms with van der Waals surface area (Å²) in [4.78, 5) is 47.2. The van der Waals surface area contributed by atoms with Crippen molar-refractivity contribution in [2.45, 2.75) is 45.8 Å². The van der Waals surface area contributed by atoms with E-state index in [1.165, 1.54) is 18.9 Å². The number of methoxy groups -OCH3 is 1. The molecule has 9 nitrogen and oxygen atoms in total. The summed E-state index contributed by atoms with van der Waals surface area (Å²) in [6.07, 6.45) is 1.31. The van der Waals surface area contributed by atoms with Crippen molar-refractivity contribution in [3.8, 4) is 5.75 Å². The van der Waals surface area contributed by atoms with Gasteiger partial charge in [0.1, 0.15) is 12.4 Å². The van der Waals surface area contributed by atoms with Crippen LogP contribution in [-0.2, 0) is 30.5 Å². The van der Waals surface area contributed by atoms with Crippen LogP contribution in [0.5, 0.6) is 5.75 Å². The van der Waals surface area contributed by atoms with Crippen LogP contribution >= 0.6 is 11.8 Å². The molecular formula is C32H35N3O6S. The SMILES string of the molecule is CCOC(=O)C1CCN(C(=O)CC2=CSC3=NC(C)=C(C(=O)OC)[C@H](c4cccc(OCc5ccccc5)c4)N23)CC1. The van der Waals surface area contributed by atoms with Gasteiger partial charge in [0.25, 0.3) is 0 Å². The summed E-state index contributed by atoms with van der Waals surface area (Å²) in [5.41, 5.74) is 3.61. The second kappa shape index (κ2) is 13.3. The minimum Gasteiger partial charge on any atom is -0.489 e. The lowest BCUT2D eigenvalue weighted by atomic mass is 9.93. The lowest BCUT2D eigenvalue weighted by Crippen LogP contribution is -2.42. The second-order valence-electron chi connectivity index (χ2n) is 10.3. The average Bonchev–Trinajstić information content (AvgIpc) is 3.41. The predicted molar refractivity (Wildman–Crippen MR) is 160 cm³/mol. The summed E-state index contributed by atoms with van der Waals surface area (Å²) in [7, 11) is 1.36. The van der Waals surface area contributed by atoms with Gasteiger partial charge in [-0.2, -0.15) is 0 Å². The van der Waals surface area contributed by atoms with Crippen LogP contribution in [0.4, 0.5) is 0 Å². The smallest absolute Gasteiger partial charge is 0.338 e. The number of benzene rings is 2. The van der Waals surface area contributed by atoms with Gasteiger partial charge in [0, 0.05) is 18.8 Å². The Labute approximate surface area is 250 Å². The van der Waals surface area contributed by atoms with Crippen molar-refractivity contribution >= 4 is 34.8 Å². The summed E-state index contributed by atoms with van der Waals surface area (Å²) in [6, 6.07) is 17.0. The molecule has 2 aromatic carbocycles. The third-order valence-electron chi connectivity index (χ3n) is 7.63. The number of allylic oxidation sites excluding steroid dienone is 1. The minimum absolute atomic E-state index is 0.0324. The van der Waals surface area contributed by atoms with Crippen LogP contribution < -0.4 is 4.74 Å². The third kappa shape index (κ3) is 6.38. The number of piperidine rings is 1. The topological polar surface area (TPSA) is 97.7 Å². The highest BCUT2D eigenvalue weighted by atomic mass is 32.2. The first-order valence-electron chi connectivity index (χ1n) is 14.1. The number of nitrogens with zero attached hydrogens (tertiary/aromatic N) is 3. The van der Waals surface area contributed by atoms with Crippen molar-refractivity contribution < 1.29 is 28.6 Å². The lowest BCUT2D eigenvalue weighted by Gasteiger charge is -2.37. The molecule has 220 valence electrons. The van der Waals surface area contributed by atoms with Crippen molar-refractivity contribution in [2.75, 3.05) is 26.8 Å². The molecule has 1 fully saturated rings. The summed E-state index contributed by atoms with van der Waals surface area (Å²) in [6.45, 7) is 5.36. The molecule has 0 bridgehead atoms. The molecule has 0 unspecified atom stereocenters. The third-order valence-corrected chi connectivity index (χ3v) is 8.52. The lowest BCUT2D eigenvalue weighted by molar-refractivity contribution is -0.151. The van der Waals surface area contributed by atoms with E-state index >= 15 is 0 Å². The number of rotatable bonds is 9. The summed E-state index contributed by atoms with van der Waals surface area (Å²) in [5.74, 6) is -0.203. The van der Waals surface area contributed by atoms with Gasteiger partial charge >= 0.3 is 11.9 Å². The highest BCUT2D eigenvalue weighted by Crippen LogP contribution is 2.45. The van der Waals surface area contributed by atoms with Crippen LogP contribution in [0.1, 0.15) is 50.3 Å². The van der Waals surface area contributed by atoms with Gasteiger partial charge in [-0.05, 0) is 55.4 Å². The Hall–Kier alpha value is -4.05. The summed E-state index contributed by atoms with van der Waals surface area (Å²) in [5, 5.41) is 2.63. The second-order valence-corrected chi connectivity index (χ2v) is 11.2. The van der Waals surface area contributed by atoms with Gasteiger partial charge in [-0.1, -0.05) is 54.2 Å². The quantitative estimate of drug-likeness (QED) is 0.368. The van der Waals surface area contributed by atoms with E-state index in [1.54, 1.807) is 18.7 Å². The molecule has 1 saturated heterocycles. The van der Waals surface area contributed by atoms with Gasteiger partial charge in [0.15, 0.2) is 5.17 Å². The van der Waals surface area contributed by atoms with E-state index in [0.29, 0.717) is 61.3 Å². The van der Waals surface area contributed by atoms with Crippen molar-refractivity contribution in [1.82, 2.24) is 9.80 Å². The Morgan fingerprint density at radius 1 is 1.05 bits per heavy atom. The number of carbonyl (C=O) groups is 3. The molecule has 3 aliphatic rings. The summed E-state index contributed by atoms with van der Waals surface area (Å²) >= 11 is 1.43. The molecule has 42 heavy (non-hydrogen) atoms. The number of fused-ring (bicyclic) bond motifs is 1. The van der Waals surface area contributed by atoms with Gasteiger partial charge in [0.2, 0.25) is 5.91 Å². The first-order valence-corrected chi connectivity index (χ1v) is 15.0. The maximum atomic E-state index is 13.5. The molecule has 5 rings (SSSR count). The Morgan fingerprint density at radius 2 is 1.81 bits per heavy atom. The van der Waals surface area contributed by atoms with Crippen LogP contribution in [0, 0.1) is 5.92 Å². The number of esters is 2. The number of hydrogen-bond donors (Lipinski definition) is 0. The largest absolute Gasteiger partial charge is 0.489 e. The van der Waals surface area contributed by atoms with Crippen LogP contribution in [-0.4, -0.2) is 59.6 Å². The minimum atomic E-state index is -0.547. The molecule has 2 aromatic rings. The van der Waals surface area contributed by atoms with Crippen LogP contribution in [0.3, 0.4) is 0 Å².